The maximum Gasteiger partial charge on any atom is 0.168 e. The third-order valence-corrected chi connectivity index (χ3v) is 4.32. The highest BCUT2D eigenvalue weighted by molar-refractivity contribution is 9.10. The number of halogens is 1. The quantitative estimate of drug-likeness (QED) is 0.649. The molecule has 0 spiro atoms. The van der Waals surface area contributed by atoms with E-state index in [2.05, 4.69) is 25.9 Å². The van der Waals surface area contributed by atoms with Crippen molar-refractivity contribution >= 4 is 33.0 Å². The zero-order valence-electron chi connectivity index (χ0n) is 11.0. The van der Waals surface area contributed by atoms with Gasteiger partial charge in [-0.15, -0.1) is 11.3 Å². The third kappa shape index (κ3) is 3.43. The average Bonchev–Trinajstić information content (AvgIpc) is 2.97. The Labute approximate surface area is 134 Å². The summed E-state index contributed by atoms with van der Waals surface area (Å²) < 4.78 is 0.933. The van der Waals surface area contributed by atoms with Gasteiger partial charge in [-0.3, -0.25) is 9.78 Å². The number of benzene rings is 1. The minimum atomic E-state index is 0.0798. The van der Waals surface area contributed by atoms with Crippen molar-refractivity contribution in [1.82, 2.24) is 9.97 Å². The summed E-state index contributed by atoms with van der Waals surface area (Å²) in [6.07, 6.45) is 2.06. The first-order valence-electron chi connectivity index (χ1n) is 6.37. The van der Waals surface area contributed by atoms with Gasteiger partial charge in [-0.25, -0.2) is 4.98 Å². The number of pyridine rings is 1. The molecule has 5 heteroatoms. The van der Waals surface area contributed by atoms with Gasteiger partial charge in [-0.05, 0) is 28.1 Å². The Morgan fingerprint density at radius 2 is 1.95 bits per heavy atom. The van der Waals surface area contributed by atoms with Crippen LogP contribution in [0.3, 0.4) is 0 Å². The van der Waals surface area contributed by atoms with Crippen LogP contribution in [-0.2, 0) is 6.42 Å². The monoisotopic (exact) mass is 358 g/mol. The number of carbonyl (C=O) groups is 1. The molecule has 0 saturated heterocycles. The SMILES string of the molecule is O=C(Cc1csc(-c2ccc(Br)cn2)n1)c1ccccc1. The lowest BCUT2D eigenvalue weighted by molar-refractivity contribution is 0.0992. The van der Waals surface area contributed by atoms with Crippen molar-refractivity contribution in [2.75, 3.05) is 0 Å². The maximum absolute atomic E-state index is 12.1. The van der Waals surface area contributed by atoms with Gasteiger partial charge in [-0.1, -0.05) is 30.3 Å². The van der Waals surface area contributed by atoms with Crippen molar-refractivity contribution in [3.05, 3.63) is 69.8 Å². The van der Waals surface area contributed by atoms with Crippen molar-refractivity contribution < 1.29 is 4.79 Å². The largest absolute Gasteiger partial charge is 0.294 e. The van der Waals surface area contributed by atoms with E-state index in [9.17, 15) is 4.79 Å². The molecular formula is C16H11BrN2OS. The number of hydrogen-bond donors (Lipinski definition) is 0. The lowest BCUT2D eigenvalue weighted by Crippen LogP contribution is -2.03. The minimum absolute atomic E-state index is 0.0798. The van der Waals surface area contributed by atoms with Crippen LogP contribution in [0.5, 0.6) is 0 Å². The van der Waals surface area contributed by atoms with E-state index in [0.29, 0.717) is 12.0 Å². The first kappa shape index (κ1) is 14.1. The highest BCUT2D eigenvalue weighted by Gasteiger charge is 2.11. The normalized spacial score (nSPS) is 10.5. The summed E-state index contributed by atoms with van der Waals surface area (Å²) in [5.74, 6) is 0.0798. The van der Waals surface area contributed by atoms with Crippen LogP contribution in [0.1, 0.15) is 16.1 Å². The Bertz CT molecular complexity index is 753. The molecule has 2 heterocycles. The molecule has 3 rings (SSSR count). The van der Waals surface area contributed by atoms with Crippen LogP contribution in [0.2, 0.25) is 0 Å². The van der Waals surface area contributed by atoms with Crippen molar-refractivity contribution in [1.29, 1.82) is 0 Å². The molecule has 0 aliphatic carbocycles. The van der Waals surface area contributed by atoms with Gasteiger partial charge in [0.2, 0.25) is 0 Å². The fraction of sp³-hybridized carbons (Fsp3) is 0.0625. The van der Waals surface area contributed by atoms with Crippen LogP contribution < -0.4 is 0 Å². The van der Waals surface area contributed by atoms with E-state index in [-0.39, 0.29) is 5.78 Å². The smallest absolute Gasteiger partial charge is 0.168 e. The van der Waals surface area contributed by atoms with E-state index in [1.54, 1.807) is 6.20 Å². The van der Waals surface area contributed by atoms with Crippen molar-refractivity contribution in [2.45, 2.75) is 6.42 Å². The second-order valence-electron chi connectivity index (χ2n) is 4.47. The summed E-state index contributed by atoms with van der Waals surface area (Å²) in [5.41, 5.74) is 2.32. The van der Waals surface area contributed by atoms with Crippen LogP contribution in [0.4, 0.5) is 0 Å². The summed E-state index contributed by atoms with van der Waals surface area (Å²) >= 11 is 4.86. The molecule has 0 saturated carbocycles. The highest BCUT2D eigenvalue weighted by Crippen LogP contribution is 2.23. The lowest BCUT2D eigenvalue weighted by Gasteiger charge is -1.98. The van der Waals surface area contributed by atoms with E-state index >= 15 is 0 Å². The van der Waals surface area contributed by atoms with Crippen LogP contribution in [0.25, 0.3) is 10.7 Å². The maximum atomic E-state index is 12.1. The predicted molar refractivity (Wildman–Crippen MR) is 87.5 cm³/mol. The van der Waals surface area contributed by atoms with Crippen LogP contribution in [-0.4, -0.2) is 15.8 Å². The number of Topliss-reactive ketones (excluding diaryl/α,β-unsaturated/α-hetero) is 1. The van der Waals surface area contributed by atoms with Gasteiger partial charge >= 0.3 is 0 Å². The summed E-state index contributed by atoms with van der Waals surface area (Å²) in [4.78, 5) is 21.0. The first-order valence-corrected chi connectivity index (χ1v) is 8.04. The van der Waals surface area contributed by atoms with Gasteiger partial charge in [0.25, 0.3) is 0 Å². The lowest BCUT2D eigenvalue weighted by atomic mass is 10.1. The second kappa shape index (κ2) is 6.28. The molecule has 104 valence electrons. The average molecular weight is 359 g/mol. The summed E-state index contributed by atoms with van der Waals surface area (Å²) in [5, 5.41) is 2.75. The summed E-state index contributed by atoms with van der Waals surface area (Å²) in [6.45, 7) is 0. The van der Waals surface area contributed by atoms with Crippen LogP contribution in [0.15, 0.2) is 58.5 Å². The van der Waals surface area contributed by atoms with Crippen molar-refractivity contribution in [2.24, 2.45) is 0 Å². The Balaban J connectivity index is 1.76. The molecule has 21 heavy (non-hydrogen) atoms. The minimum Gasteiger partial charge on any atom is -0.294 e. The summed E-state index contributed by atoms with van der Waals surface area (Å²) in [7, 11) is 0. The molecule has 0 atom stereocenters. The molecule has 0 fully saturated rings. The number of aromatic nitrogens is 2. The Morgan fingerprint density at radius 1 is 1.14 bits per heavy atom. The Kier molecular flexibility index (Phi) is 4.22. The standard InChI is InChI=1S/C16H11BrN2OS/c17-12-6-7-14(18-9-12)16-19-13(10-21-16)8-15(20)11-4-2-1-3-5-11/h1-7,9-10H,8H2. The topological polar surface area (TPSA) is 42.9 Å². The fourth-order valence-corrected chi connectivity index (χ4v) is 2.93. The number of nitrogens with zero attached hydrogens (tertiary/aromatic N) is 2. The molecule has 0 aliphatic rings. The van der Waals surface area contributed by atoms with Gasteiger partial charge in [0.15, 0.2) is 5.78 Å². The van der Waals surface area contributed by atoms with Crippen LogP contribution in [0, 0.1) is 0 Å². The molecule has 0 amide bonds. The molecule has 0 unspecified atom stereocenters. The van der Waals surface area contributed by atoms with Gasteiger partial charge in [0, 0.05) is 21.6 Å². The Hall–Kier alpha value is -1.85. The van der Waals surface area contributed by atoms with Gasteiger partial charge < -0.3 is 0 Å². The number of rotatable bonds is 4. The third-order valence-electron chi connectivity index (χ3n) is 2.94. The number of ketones is 1. The molecule has 0 radical (unpaired) electrons. The Morgan fingerprint density at radius 3 is 2.67 bits per heavy atom. The zero-order valence-corrected chi connectivity index (χ0v) is 13.4. The van der Waals surface area contributed by atoms with E-state index in [1.807, 2.05) is 47.8 Å². The van der Waals surface area contributed by atoms with Gasteiger partial charge in [-0.2, -0.15) is 0 Å². The van der Waals surface area contributed by atoms with Crippen molar-refractivity contribution in [3.8, 4) is 10.7 Å². The molecule has 3 aromatic rings. The van der Waals surface area contributed by atoms with E-state index < -0.39 is 0 Å². The van der Waals surface area contributed by atoms with E-state index in [1.165, 1.54) is 11.3 Å². The molecule has 0 N–H and O–H groups in total. The molecular weight excluding hydrogens is 348 g/mol. The van der Waals surface area contributed by atoms with Gasteiger partial charge in [0.1, 0.15) is 5.01 Å². The molecule has 1 aromatic carbocycles. The number of thiazole rings is 1. The highest BCUT2D eigenvalue weighted by atomic mass is 79.9. The first-order chi connectivity index (χ1) is 10.2. The second-order valence-corrected chi connectivity index (χ2v) is 6.25. The predicted octanol–water partition coefficient (Wildman–Crippen LogP) is 4.39. The number of hydrogen-bond acceptors (Lipinski definition) is 4. The molecule has 0 bridgehead atoms. The van der Waals surface area contributed by atoms with Gasteiger partial charge in [0.05, 0.1) is 17.8 Å². The zero-order chi connectivity index (χ0) is 14.7. The van der Waals surface area contributed by atoms with E-state index in [4.69, 9.17) is 0 Å². The summed E-state index contributed by atoms with van der Waals surface area (Å²) in [6, 6.07) is 13.1. The molecule has 3 nitrogen and oxygen atoms in total. The molecule has 2 aromatic heterocycles. The fourth-order valence-electron chi connectivity index (χ4n) is 1.90. The number of carbonyl (C=O) groups excluding carboxylic acids is 1. The van der Waals surface area contributed by atoms with E-state index in [0.717, 1.165) is 20.9 Å². The molecule has 0 aliphatic heterocycles. The van der Waals surface area contributed by atoms with Crippen molar-refractivity contribution in [3.63, 3.8) is 0 Å². The van der Waals surface area contributed by atoms with Crippen LogP contribution >= 0.6 is 27.3 Å².